The number of hydrogen-bond donors (Lipinski definition) is 2. The molecular weight excluding hydrogens is 308 g/mol. The lowest BCUT2D eigenvalue weighted by molar-refractivity contribution is 0.475. The van der Waals surface area contributed by atoms with Crippen molar-refractivity contribution < 1.29 is 22.5 Å². The quantitative estimate of drug-likeness (QED) is 0.703. The molecule has 0 unspecified atom stereocenters. The number of phenolic OH excluding ortho intramolecular Hbond substituents is 1. The van der Waals surface area contributed by atoms with Crippen LogP contribution < -0.4 is 5.43 Å². The van der Waals surface area contributed by atoms with Gasteiger partial charge in [-0.3, -0.25) is 9.35 Å². The van der Waals surface area contributed by atoms with Gasteiger partial charge in [-0.05, 0) is 42.5 Å². The summed E-state index contributed by atoms with van der Waals surface area (Å²) in [6.45, 7) is 0. The Morgan fingerprint density at radius 3 is 2.27 bits per heavy atom. The van der Waals surface area contributed by atoms with E-state index in [-0.39, 0.29) is 27.4 Å². The summed E-state index contributed by atoms with van der Waals surface area (Å²) in [7, 11) is -4.39. The van der Waals surface area contributed by atoms with Gasteiger partial charge in [-0.25, -0.2) is 0 Å². The standard InChI is InChI=1S/C15H10O6S/c16-10-3-1-9(2-4-10)15-8-13(17)12-7-11(22(18,19)20)5-6-14(12)21-15/h1-8,16H,(H,18,19,20). The van der Waals surface area contributed by atoms with Gasteiger partial charge in [0, 0.05) is 11.6 Å². The molecule has 0 fully saturated rings. The van der Waals surface area contributed by atoms with Crippen LogP contribution in [0.15, 0.2) is 62.6 Å². The molecule has 0 aliphatic carbocycles. The Morgan fingerprint density at radius 1 is 0.955 bits per heavy atom. The van der Waals surface area contributed by atoms with Crippen LogP contribution in [0.2, 0.25) is 0 Å². The molecule has 7 heteroatoms. The van der Waals surface area contributed by atoms with Crippen LogP contribution in [0.1, 0.15) is 0 Å². The Labute approximate surface area is 125 Å². The molecule has 0 atom stereocenters. The third-order valence-electron chi connectivity index (χ3n) is 3.15. The fourth-order valence-corrected chi connectivity index (χ4v) is 2.57. The van der Waals surface area contributed by atoms with Crippen molar-refractivity contribution in [1.29, 1.82) is 0 Å². The summed E-state index contributed by atoms with van der Waals surface area (Å²) < 4.78 is 36.8. The first-order valence-electron chi connectivity index (χ1n) is 6.19. The monoisotopic (exact) mass is 318 g/mol. The average Bonchev–Trinajstić information content (AvgIpc) is 2.46. The molecule has 6 nitrogen and oxygen atoms in total. The fourth-order valence-electron chi connectivity index (χ4n) is 2.06. The predicted molar refractivity (Wildman–Crippen MR) is 79.4 cm³/mol. The summed E-state index contributed by atoms with van der Waals surface area (Å²) >= 11 is 0. The molecule has 3 aromatic rings. The molecule has 1 aromatic heterocycles. The lowest BCUT2D eigenvalue weighted by atomic mass is 10.1. The highest BCUT2D eigenvalue weighted by atomic mass is 32.2. The van der Waals surface area contributed by atoms with Gasteiger partial charge in [0.15, 0.2) is 5.43 Å². The first-order chi connectivity index (χ1) is 10.3. The second-order valence-corrected chi connectivity index (χ2v) is 6.08. The topological polar surface area (TPSA) is 105 Å². The van der Waals surface area contributed by atoms with E-state index < -0.39 is 15.5 Å². The second-order valence-electron chi connectivity index (χ2n) is 4.65. The summed E-state index contributed by atoms with van der Waals surface area (Å²) in [5.41, 5.74) is 0.355. The second kappa shape index (κ2) is 4.97. The Bertz CT molecular complexity index is 1020. The first-order valence-corrected chi connectivity index (χ1v) is 7.63. The summed E-state index contributed by atoms with van der Waals surface area (Å²) in [5, 5.41) is 9.32. The lowest BCUT2D eigenvalue weighted by Crippen LogP contribution is -2.03. The molecule has 0 saturated heterocycles. The minimum absolute atomic E-state index is 0.0534. The molecule has 22 heavy (non-hydrogen) atoms. The minimum Gasteiger partial charge on any atom is -0.508 e. The third kappa shape index (κ3) is 2.59. The molecule has 0 aliphatic heterocycles. The number of fused-ring (bicyclic) bond motifs is 1. The molecule has 3 rings (SSSR count). The van der Waals surface area contributed by atoms with Crippen molar-refractivity contribution in [2.75, 3.05) is 0 Å². The van der Waals surface area contributed by atoms with Gasteiger partial charge in [-0.1, -0.05) is 0 Å². The van der Waals surface area contributed by atoms with E-state index >= 15 is 0 Å². The molecular formula is C15H10O6S. The van der Waals surface area contributed by atoms with Crippen molar-refractivity contribution in [1.82, 2.24) is 0 Å². The van der Waals surface area contributed by atoms with E-state index in [9.17, 15) is 18.3 Å². The van der Waals surface area contributed by atoms with Crippen molar-refractivity contribution in [2.24, 2.45) is 0 Å². The smallest absolute Gasteiger partial charge is 0.294 e. The molecule has 0 radical (unpaired) electrons. The molecule has 2 N–H and O–H groups in total. The Kier molecular flexibility index (Phi) is 3.23. The largest absolute Gasteiger partial charge is 0.508 e. The maximum absolute atomic E-state index is 12.1. The van der Waals surface area contributed by atoms with Crippen LogP contribution in [0.25, 0.3) is 22.3 Å². The Balaban J connectivity index is 2.22. The van der Waals surface area contributed by atoms with Gasteiger partial charge in [-0.2, -0.15) is 8.42 Å². The number of hydrogen-bond acceptors (Lipinski definition) is 5. The van der Waals surface area contributed by atoms with Crippen molar-refractivity contribution in [3.05, 3.63) is 58.8 Å². The molecule has 0 spiro atoms. The van der Waals surface area contributed by atoms with Gasteiger partial charge in [0.05, 0.1) is 10.3 Å². The molecule has 0 amide bonds. The highest BCUT2D eigenvalue weighted by Crippen LogP contribution is 2.25. The normalized spacial score (nSPS) is 11.7. The minimum atomic E-state index is -4.39. The van der Waals surface area contributed by atoms with Gasteiger partial charge in [0.1, 0.15) is 17.1 Å². The summed E-state index contributed by atoms with van der Waals surface area (Å²) in [6, 6.07) is 10.9. The van der Waals surface area contributed by atoms with Crippen LogP contribution in [-0.4, -0.2) is 18.1 Å². The SMILES string of the molecule is O=c1cc(-c2ccc(O)cc2)oc2ccc(S(=O)(=O)O)cc12. The van der Waals surface area contributed by atoms with E-state index in [2.05, 4.69) is 0 Å². The highest BCUT2D eigenvalue weighted by molar-refractivity contribution is 7.85. The lowest BCUT2D eigenvalue weighted by Gasteiger charge is -2.04. The van der Waals surface area contributed by atoms with E-state index in [0.29, 0.717) is 5.56 Å². The van der Waals surface area contributed by atoms with Crippen LogP contribution >= 0.6 is 0 Å². The number of benzene rings is 2. The predicted octanol–water partition coefficient (Wildman–Crippen LogP) is 2.41. The molecule has 0 aliphatic rings. The Morgan fingerprint density at radius 2 is 1.64 bits per heavy atom. The summed E-state index contributed by atoms with van der Waals surface area (Å²) in [5.74, 6) is 0.377. The van der Waals surface area contributed by atoms with Gasteiger partial charge >= 0.3 is 0 Å². The number of aromatic hydroxyl groups is 1. The van der Waals surface area contributed by atoms with E-state index in [1.54, 1.807) is 12.1 Å². The third-order valence-corrected chi connectivity index (χ3v) is 4.00. The zero-order chi connectivity index (χ0) is 15.9. The van der Waals surface area contributed by atoms with Gasteiger partial charge < -0.3 is 9.52 Å². The maximum Gasteiger partial charge on any atom is 0.294 e. The van der Waals surface area contributed by atoms with Gasteiger partial charge in [0.2, 0.25) is 0 Å². The zero-order valence-electron chi connectivity index (χ0n) is 11.1. The fraction of sp³-hybridized carbons (Fsp3) is 0. The molecule has 0 saturated carbocycles. The molecule has 112 valence electrons. The van der Waals surface area contributed by atoms with Crippen LogP contribution in [0.4, 0.5) is 0 Å². The van der Waals surface area contributed by atoms with Crippen LogP contribution in [0.5, 0.6) is 5.75 Å². The maximum atomic E-state index is 12.1. The van der Waals surface area contributed by atoms with Crippen LogP contribution in [0, 0.1) is 0 Å². The van der Waals surface area contributed by atoms with E-state index in [0.717, 1.165) is 12.1 Å². The first kappa shape index (κ1) is 14.3. The van der Waals surface area contributed by atoms with Gasteiger partial charge in [-0.15, -0.1) is 0 Å². The van der Waals surface area contributed by atoms with Crippen molar-refractivity contribution in [3.8, 4) is 17.1 Å². The molecule has 1 heterocycles. The number of rotatable bonds is 2. The molecule has 2 aromatic carbocycles. The van der Waals surface area contributed by atoms with E-state index in [4.69, 9.17) is 8.97 Å². The molecule has 0 bridgehead atoms. The van der Waals surface area contributed by atoms with Crippen LogP contribution in [0.3, 0.4) is 0 Å². The van der Waals surface area contributed by atoms with Crippen LogP contribution in [-0.2, 0) is 10.1 Å². The average molecular weight is 318 g/mol. The Hall–Kier alpha value is -2.64. The summed E-state index contributed by atoms with van der Waals surface area (Å²) in [6.07, 6.45) is 0. The summed E-state index contributed by atoms with van der Waals surface area (Å²) in [4.78, 5) is 11.8. The number of phenols is 1. The van der Waals surface area contributed by atoms with Gasteiger partial charge in [0.25, 0.3) is 10.1 Å². The van der Waals surface area contributed by atoms with Crippen molar-refractivity contribution >= 4 is 21.1 Å². The van der Waals surface area contributed by atoms with Crippen molar-refractivity contribution in [3.63, 3.8) is 0 Å². The zero-order valence-corrected chi connectivity index (χ0v) is 11.9. The van der Waals surface area contributed by atoms with E-state index in [1.165, 1.54) is 24.3 Å². The highest BCUT2D eigenvalue weighted by Gasteiger charge is 2.13. The van der Waals surface area contributed by atoms with E-state index in [1.807, 2.05) is 0 Å². The van der Waals surface area contributed by atoms with Crippen molar-refractivity contribution in [2.45, 2.75) is 4.90 Å².